The predicted molar refractivity (Wildman–Crippen MR) is 80.3 cm³/mol. The number of phenolic OH excluding ortho intramolecular Hbond substituents is 1. The van der Waals surface area contributed by atoms with Crippen molar-refractivity contribution in [1.82, 2.24) is 5.32 Å². The Labute approximate surface area is 126 Å². The summed E-state index contributed by atoms with van der Waals surface area (Å²) in [7, 11) is 0. The van der Waals surface area contributed by atoms with Crippen LogP contribution in [0, 0.1) is 0 Å². The van der Waals surface area contributed by atoms with Crippen LogP contribution in [0.4, 0.5) is 0 Å². The van der Waals surface area contributed by atoms with Crippen LogP contribution in [0.3, 0.4) is 0 Å². The first-order valence-corrected chi connectivity index (χ1v) is 6.29. The lowest BCUT2D eigenvalue weighted by atomic mass is 10.1. The van der Waals surface area contributed by atoms with Crippen molar-refractivity contribution in [3.63, 3.8) is 0 Å². The second-order valence-electron chi connectivity index (χ2n) is 4.61. The standard InChI is InChI=1S/C16H21NO3/c1-11(2)17-9-12(18)10-20-16-8-4-5-13-14(16)6-3-7-15(13)19/h3-8,11-12,17-19H,9-10H2,1-2H3/i9D2,10D2,12D. The molecule has 0 aromatic heterocycles. The van der Waals surface area contributed by atoms with Crippen LogP contribution in [0.15, 0.2) is 36.4 Å². The predicted octanol–water partition coefficient (Wildman–Crippen LogP) is 2.28. The molecule has 0 aliphatic heterocycles. The molecule has 0 radical (unpaired) electrons. The fourth-order valence-corrected chi connectivity index (χ4v) is 1.70. The van der Waals surface area contributed by atoms with Gasteiger partial charge in [0.15, 0.2) is 0 Å². The van der Waals surface area contributed by atoms with Crippen LogP contribution in [0.25, 0.3) is 10.8 Å². The first-order chi connectivity index (χ1) is 11.4. The summed E-state index contributed by atoms with van der Waals surface area (Å²) in [4.78, 5) is 0. The number of phenols is 1. The average Bonchev–Trinajstić information content (AvgIpc) is 2.46. The van der Waals surface area contributed by atoms with Crippen LogP contribution in [-0.2, 0) is 0 Å². The number of nitrogens with one attached hydrogen (secondary N) is 1. The van der Waals surface area contributed by atoms with E-state index in [2.05, 4.69) is 5.32 Å². The van der Waals surface area contributed by atoms with Gasteiger partial charge in [0.05, 0.1) is 4.11 Å². The molecule has 0 aliphatic rings. The van der Waals surface area contributed by atoms with E-state index >= 15 is 0 Å². The summed E-state index contributed by atoms with van der Waals surface area (Å²) in [5.74, 6) is -0.0501. The molecule has 1 atom stereocenters. The molecule has 20 heavy (non-hydrogen) atoms. The summed E-state index contributed by atoms with van der Waals surface area (Å²) in [5.41, 5.74) is 0. The van der Waals surface area contributed by atoms with Crippen LogP contribution < -0.4 is 10.1 Å². The lowest BCUT2D eigenvalue weighted by Crippen LogP contribution is -2.35. The molecule has 0 heterocycles. The lowest BCUT2D eigenvalue weighted by Gasteiger charge is -2.16. The third kappa shape index (κ3) is 3.62. The van der Waals surface area contributed by atoms with Gasteiger partial charge in [-0.3, -0.25) is 0 Å². The first kappa shape index (κ1) is 9.21. The van der Waals surface area contributed by atoms with Gasteiger partial charge in [-0.05, 0) is 12.1 Å². The fourth-order valence-electron chi connectivity index (χ4n) is 1.70. The number of ether oxygens (including phenoxy) is 1. The van der Waals surface area contributed by atoms with Gasteiger partial charge in [-0.15, -0.1) is 0 Å². The van der Waals surface area contributed by atoms with E-state index in [9.17, 15) is 10.2 Å². The molecule has 0 fully saturated rings. The number of hydrogen-bond donors (Lipinski definition) is 3. The van der Waals surface area contributed by atoms with Gasteiger partial charge in [-0.2, -0.15) is 0 Å². The van der Waals surface area contributed by atoms with Gasteiger partial charge in [-0.25, -0.2) is 0 Å². The van der Waals surface area contributed by atoms with Crippen molar-refractivity contribution < 1.29 is 21.8 Å². The average molecular weight is 280 g/mol. The van der Waals surface area contributed by atoms with Gasteiger partial charge in [0.1, 0.15) is 24.1 Å². The molecule has 1 unspecified atom stereocenters. The zero-order chi connectivity index (χ0) is 19.0. The highest BCUT2D eigenvalue weighted by atomic mass is 16.5. The lowest BCUT2D eigenvalue weighted by molar-refractivity contribution is 0.105. The van der Waals surface area contributed by atoms with Crippen LogP contribution in [-0.4, -0.2) is 35.4 Å². The Balaban J connectivity index is 2.43. The molecule has 0 saturated heterocycles. The maximum absolute atomic E-state index is 10.3. The molecule has 0 saturated carbocycles. The molecule has 0 bridgehead atoms. The number of rotatable bonds is 6. The van der Waals surface area contributed by atoms with E-state index < -0.39 is 25.2 Å². The van der Waals surface area contributed by atoms with Gasteiger partial charge in [0.2, 0.25) is 0 Å². The summed E-state index contributed by atoms with van der Waals surface area (Å²) in [6.07, 6.45) is -3.25. The van der Waals surface area contributed by atoms with Gasteiger partial charge in [-0.1, -0.05) is 38.1 Å². The van der Waals surface area contributed by atoms with Crippen LogP contribution >= 0.6 is 0 Å². The number of aliphatic hydroxyl groups is 1. The van der Waals surface area contributed by atoms with E-state index in [1.807, 2.05) is 0 Å². The van der Waals surface area contributed by atoms with Crippen molar-refractivity contribution >= 4 is 10.8 Å². The van der Waals surface area contributed by atoms with Gasteiger partial charge < -0.3 is 20.3 Å². The zero-order valence-electron chi connectivity index (χ0n) is 16.3. The normalized spacial score (nSPS) is 19.5. The van der Waals surface area contributed by atoms with E-state index in [4.69, 9.17) is 11.6 Å². The summed E-state index contributed by atoms with van der Waals surface area (Å²) >= 11 is 0. The van der Waals surface area contributed by atoms with Crippen molar-refractivity contribution in [2.45, 2.75) is 26.0 Å². The Morgan fingerprint density at radius 2 is 1.95 bits per heavy atom. The van der Waals surface area contributed by atoms with E-state index in [0.29, 0.717) is 10.8 Å². The van der Waals surface area contributed by atoms with E-state index in [-0.39, 0.29) is 11.5 Å². The minimum absolute atomic E-state index is 0.0237. The van der Waals surface area contributed by atoms with Crippen molar-refractivity contribution in [2.24, 2.45) is 0 Å². The van der Waals surface area contributed by atoms with Crippen LogP contribution in [0.5, 0.6) is 11.5 Å². The highest BCUT2D eigenvalue weighted by Gasteiger charge is 2.09. The second-order valence-corrected chi connectivity index (χ2v) is 4.61. The quantitative estimate of drug-likeness (QED) is 0.759. The van der Waals surface area contributed by atoms with Gasteiger partial charge in [0, 0.05) is 26.1 Å². The number of fused-ring (bicyclic) bond motifs is 1. The zero-order valence-corrected chi connectivity index (χ0v) is 11.3. The monoisotopic (exact) mass is 280 g/mol. The maximum Gasteiger partial charge on any atom is 0.127 e. The van der Waals surface area contributed by atoms with Crippen LogP contribution in [0.1, 0.15) is 20.7 Å². The third-order valence-corrected chi connectivity index (χ3v) is 2.60. The SMILES string of the molecule is [2H]C([2H])(NC(C)C)C([2H])(O)C([2H])([2H])Oc1cccc2c(O)cccc12. The molecule has 3 N–H and O–H groups in total. The highest BCUT2D eigenvalue weighted by Crippen LogP contribution is 2.31. The number of aromatic hydroxyl groups is 1. The summed E-state index contributed by atoms with van der Waals surface area (Å²) in [5, 5.41) is 23.3. The molecule has 2 aromatic rings. The van der Waals surface area contributed by atoms with Crippen LogP contribution in [0.2, 0.25) is 0 Å². The largest absolute Gasteiger partial charge is 0.507 e. The molecular weight excluding hydrogens is 254 g/mol. The fraction of sp³-hybridized carbons (Fsp3) is 0.375. The Morgan fingerprint density at radius 3 is 2.70 bits per heavy atom. The van der Waals surface area contributed by atoms with E-state index in [0.717, 1.165) is 0 Å². The van der Waals surface area contributed by atoms with Crippen molar-refractivity contribution in [3.05, 3.63) is 36.4 Å². The summed E-state index contributed by atoms with van der Waals surface area (Å²) in [6.45, 7) is -2.65. The second kappa shape index (κ2) is 6.59. The molecule has 2 rings (SSSR count). The Kier molecular flexibility index (Phi) is 3.03. The smallest absolute Gasteiger partial charge is 0.127 e. The Morgan fingerprint density at radius 1 is 1.25 bits per heavy atom. The minimum atomic E-state index is -3.25. The van der Waals surface area contributed by atoms with E-state index in [1.54, 1.807) is 32.0 Å². The molecule has 2 aromatic carbocycles. The maximum atomic E-state index is 10.3. The minimum Gasteiger partial charge on any atom is -0.507 e. The Bertz CT molecular complexity index is 765. The van der Waals surface area contributed by atoms with E-state index in [1.165, 1.54) is 18.2 Å². The molecule has 0 spiro atoms. The highest BCUT2D eigenvalue weighted by molar-refractivity contribution is 5.92. The summed E-state index contributed by atoms with van der Waals surface area (Å²) < 4.78 is 44.7. The molecular formula is C16H21NO3. The number of hydrogen-bond acceptors (Lipinski definition) is 4. The molecule has 4 nitrogen and oxygen atoms in total. The first-order valence-electron chi connectivity index (χ1n) is 8.79. The topological polar surface area (TPSA) is 61.7 Å². The molecule has 108 valence electrons. The third-order valence-electron chi connectivity index (χ3n) is 2.60. The van der Waals surface area contributed by atoms with Crippen molar-refractivity contribution in [2.75, 3.05) is 13.1 Å². The molecule has 0 amide bonds. The van der Waals surface area contributed by atoms with Crippen molar-refractivity contribution in [1.29, 1.82) is 0 Å². The van der Waals surface area contributed by atoms with Crippen molar-refractivity contribution in [3.8, 4) is 11.5 Å². The Hall–Kier alpha value is -1.78. The van der Waals surface area contributed by atoms with Gasteiger partial charge in [0.25, 0.3) is 0 Å². The summed E-state index contributed by atoms with van der Waals surface area (Å²) in [6, 6.07) is 8.72. The number of benzene rings is 2. The molecule has 0 aliphatic carbocycles. The molecule has 4 heteroatoms. The van der Waals surface area contributed by atoms with Gasteiger partial charge >= 0.3 is 0 Å².